The summed E-state index contributed by atoms with van der Waals surface area (Å²) in [6.07, 6.45) is 4.44. The van der Waals surface area contributed by atoms with Crippen LogP contribution in [0.3, 0.4) is 0 Å². The molecule has 2 aromatic rings. The second-order valence-electron chi connectivity index (χ2n) is 5.55. The molecule has 0 unspecified atom stereocenters. The third-order valence-electron chi connectivity index (χ3n) is 3.80. The van der Waals surface area contributed by atoms with Gasteiger partial charge in [-0.25, -0.2) is 4.79 Å². The van der Waals surface area contributed by atoms with E-state index in [9.17, 15) is 9.59 Å². The molecule has 0 aromatic heterocycles. The highest BCUT2D eigenvalue weighted by Gasteiger charge is 2.05. The zero-order valence-electron chi connectivity index (χ0n) is 13.5. The molecule has 4 nitrogen and oxygen atoms in total. The minimum absolute atomic E-state index is 0.239. The van der Waals surface area contributed by atoms with Crippen LogP contribution in [0.1, 0.15) is 44.6 Å². The molecule has 0 aliphatic carbocycles. The Hall–Kier alpha value is -2.36. The summed E-state index contributed by atoms with van der Waals surface area (Å²) in [6.45, 7) is 1.68. The number of carbonyl (C=O) groups is 2. The lowest BCUT2D eigenvalue weighted by Gasteiger charge is -2.07. The van der Waals surface area contributed by atoms with Gasteiger partial charge in [-0.05, 0) is 35.6 Å². The van der Waals surface area contributed by atoms with E-state index < -0.39 is 5.97 Å². The number of amides is 1. The van der Waals surface area contributed by atoms with Gasteiger partial charge < -0.3 is 4.84 Å². The van der Waals surface area contributed by atoms with Gasteiger partial charge in [-0.3, -0.25) is 4.79 Å². The number of fused-ring (bicyclic) bond motifs is 1. The maximum atomic E-state index is 11.5. The van der Waals surface area contributed by atoms with Crippen molar-refractivity contribution in [3.05, 3.63) is 48.0 Å². The molecule has 0 heterocycles. The summed E-state index contributed by atoms with van der Waals surface area (Å²) >= 11 is 0. The lowest BCUT2D eigenvalue weighted by molar-refractivity contribution is -0.158. The molecule has 0 spiro atoms. The van der Waals surface area contributed by atoms with Gasteiger partial charge in [-0.1, -0.05) is 55.8 Å². The number of rotatable bonds is 7. The fourth-order valence-corrected chi connectivity index (χ4v) is 2.53. The Morgan fingerprint density at radius 2 is 1.78 bits per heavy atom. The van der Waals surface area contributed by atoms with E-state index in [1.165, 1.54) is 16.3 Å². The van der Waals surface area contributed by atoms with Crippen molar-refractivity contribution < 1.29 is 14.4 Å². The highest BCUT2D eigenvalue weighted by molar-refractivity contribution is 5.85. The van der Waals surface area contributed by atoms with Crippen molar-refractivity contribution in [2.75, 3.05) is 0 Å². The molecule has 0 aliphatic rings. The Morgan fingerprint density at radius 3 is 2.61 bits per heavy atom. The first kappa shape index (κ1) is 17.0. The molecule has 23 heavy (non-hydrogen) atoms. The Kier molecular flexibility index (Phi) is 6.60. The molecule has 122 valence electrons. The maximum absolute atomic E-state index is 11.5. The minimum Gasteiger partial charge on any atom is -0.341 e. The Labute approximate surface area is 136 Å². The fourth-order valence-electron chi connectivity index (χ4n) is 2.53. The summed E-state index contributed by atoms with van der Waals surface area (Å²) in [5.74, 6) is -0.661. The van der Waals surface area contributed by atoms with Crippen molar-refractivity contribution in [1.82, 2.24) is 5.48 Å². The largest absolute Gasteiger partial charge is 0.341 e. The van der Waals surface area contributed by atoms with Gasteiger partial charge in [0.2, 0.25) is 0 Å². The smallest absolute Gasteiger partial charge is 0.331 e. The van der Waals surface area contributed by atoms with Gasteiger partial charge in [0.1, 0.15) is 0 Å². The molecule has 4 heteroatoms. The van der Waals surface area contributed by atoms with Crippen LogP contribution in [0, 0.1) is 0 Å². The zero-order valence-corrected chi connectivity index (χ0v) is 13.5. The molecule has 2 aromatic carbocycles. The van der Waals surface area contributed by atoms with E-state index >= 15 is 0 Å². The first-order valence-electron chi connectivity index (χ1n) is 8.16. The van der Waals surface area contributed by atoms with Crippen LogP contribution in [0.5, 0.6) is 0 Å². The lowest BCUT2D eigenvalue weighted by Crippen LogP contribution is -2.26. The van der Waals surface area contributed by atoms with Crippen molar-refractivity contribution in [3.63, 3.8) is 0 Å². The van der Waals surface area contributed by atoms with E-state index in [0.29, 0.717) is 6.42 Å². The summed E-state index contributed by atoms with van der Waals surface area (Å²) in [7, 11) is 0. The van der Waals surface area contributed by atoms with Gasteiger partial charge in [0, 0.05) is 12.8 Å². The Balaban J connectivity index is 1.69. The molecule has 1 N–H and O–H groups in total. The predicted molar refractivity (Wildman–Crippen MR) is 90.6 cm³/mol. The normalized spacial score (nSPS) is 10.5. The van der Waals surface area contributed by atoms with Crippen molar-refractivity contribution in [2.24, 2.45) is 0 Å². The maximum Gasteiger partial charge on any atom is 0.331 e. The molecule has 2 rings (SSSR count). The summed E-state index contributed by atoms with van der Waals surface area (Å²) in [6, 6.07) is 14.8. The van der Waals surface area contributed by atoms with Gasteiger partial charge in [0.15, 0.2) is 0 Å². The average molecular weight is 313 g/mol. The van der Waals surface area contributed by atoms with E-state index in [-0.39, 0.29) is 12.3 Å². The van der Waals surface area contributed by atoms with Crippen LogP contribution in [0.4, 0.5) is 0 Å². The number of nitrogens with one attached hydrogen (secondary N) is 1. The van der Waals surface area contributed by atoms with Crippen LogP contribution in [0.2, 0.25) is 0 Å². The third-order valence-corrected chi connectivity index (χ3v) is 3.80. The van der Waals surface area contributed by atoms with E-state index in [4.69, 9.17) is 0 Å². The van der Waals surface area contributed by atoms with Crippen molar-refractivity contribution in [3.8, 4) is 0 Å². The van der Waals surface area contributed by atoms with Crippen molar-refractivity contribution in [2.45, 2.75) is 45.4 Å². The summed E-state index contributed by atoms with van der Waals surface area (Å²) in [4.78, 5) is 27.0. The standard InChI is InChI=1S/C19H23NO3/c1-2-19(22)23-20-18(21)14-5-3-4-9-15-11-8-12-16-10-6-7-13-17(15)16/h6-8,10-13H,2-5,9,14H2,1H3,(H,20,21). The second kappa shape index (κ2) is 8.93. The molecular weight excluding hydrogens is 290 g/mol. The number of hydroxylamine groups is 1. The van der Waals surface area contributed by atoms with Gasteiger partial charge in [0.25, 0.3) is 5.91 Å². The van der Waals surface area contributed by atoms with Crippen LogP contribution in [0.15, 0.2) is 42.5 Å². The molecule has 1 amide bonds. The average Bonchev–Trinajstić information content (AvgIpc) is 2.59. The third kappa shape index (κ3) is 5.40. The van der Waals surface area contributed by atoms with E-state index in [1.54, 1.807) is 6.92 Å². The molecular formula is C19H23NO3. The molecule has 0 bridgehead atoms. The first-order chi connectivity index (χ1) is 11.2. The molecule has 0 aliphatic heterocycles. The van der Waals surface area contributed by atoms with Crippen LogP contribution in [-0.2, 0) is 20.8 Å². The van der Waals surface area contributed by atoms with Crippen LogP contribution in [-0.4, -0.2) is 11.9 Å². The first-order valence-corrected chi connectivity index (χ1v) is 8.16. The topological polar surface area (TPSA) is 55.4 Å². The number of aryl methyl sites for hydroxylation is 1. The second-order valence-corrected chi connectivity index (χ2v) is 5.55. The Morgan fingerprint density at radius 1 is 1.00 bits per heavy atom. The molecule has 0 fully saturated rings. The zero-order chi connectivity index (χ0) is 16.5. The van der Waals surface area contributed by atoms with Gasteiger partial charge in [-0.2, -0.15) is 5.48 Å². The van der Waals surface area contributed by atoms with E-state index in [1.807, 2.05) is 0 Å². The van der Waals surface area contributed by atoms with E-state index in [2.05, 4.69) is 52.8 Å². The minimum atomic E-state index is -0.422. The number of hydrogen-bond donors (Lipinski definition) is 1. The van der Waals surface area contributed by atoms with Crippen molar-refractivity contribution >= 4 is 22.6 Å². The summed E-state index contributed by atoms with van der Waals surface area (Å²) < 4.78 is 0. The van der Waals surface area contributed by atoms with Crippen LogP contribution < -0.4 is 5.48 Å². The summed E-state index contributed by atoms with van der Waals surface area (Å²) in [5.41, 5.74) is 3.53. The van der Waals surface area contributed by atoms with Gasteiger partial charge in [-0.15, -0.1) is 0 Å². The summed E-state index contributed by atoms with van der Waals surface area (Å²) in [5, 5.41) is 2.57. The predicted octanol–water partition coefficient (Wildman–Crippen LogP) is 3.93. The lowest BCUT2D eigenvalue weighted by atomic mass is 9.99. The number of benzene rings is 2. The van der Waals surface area contributed by atoms with Gasteiger partial charge in [0.05, 0.1) is 0 Å². The molecule has 0 atom stereocenters. The molecule has 0 saturated heterocycles. The van der Waals surface area contributed by atoms with Gasteiger partial charge >= 0.3 is 5.97 Å². The number of hydrogen-bond acceptors (Lipinski definition) is 3. The SMILES string of the molecule is CCC(=O)ONC(=O)CCCCCc1cccc2ccccc12. The fraction of sp³-hybridized carbons (Fsp3) is 0.368. The Bertz CT molecular complexity index is 661. The number of carbonyl (C=O) groups excluding carboxylic acids is 2. The number of unbranched alkanes of at least 4 members (excludes halogenated alkanes) is 2. The monoisotopic (exact) mass is 313 g/mol. The highest BCUT2D eigenvalue weighted by atomic mass is 16.7. The molecule has 0 saturated carbocycles. The van der Waals surface area contributed by atoms with Crippen LogP contribution >= 0.6 is 0 Å². The van der Waals surface area contributed by atoms with Crippen molar-refractivity contribution in [1.29, 1.82) is 0 Å². The van der Waals surface area contributed by atoms with Crippen LogP contribution in [0.25, 0.3) is 10.8 Å². The highest BCUT2D eigenvalue weighted by Crippen LogP contribution is 2.20. The van der Waals surface area contributed by atoms with E-state index in [0.717, 1.165) is 25.7 Å². The quantitative estimate of drug-likeness (QED) is 0.622. The molecule has 0 radical (unpaired) electrons.